The van der Waals surface area contributed by atoms with E-state index in [0.29, 0.717) is 21.9 Å². The molecule has 7 heteroatoms. The van der Waals surface area contributed by atoms with Crippen LogP contribution in [0.15, 0.2) is 45.9 Å². The Morgan fingerprint density at radius 1 is 1.43 bits per heavy atom. The molecule has 3 aromatic rings. The van der Waals surface area contributed by atoms with Crippen LogP contribution < -0.4 is 11.3 Å². The van der Waals surface area contributed by atoms with Gasteiger partial charge in [0.2, 0.25) is 5.78 Å². The van der Waals surface area contributed by atoms with E-state index in [1.54, 1.807) is 31.4 Å². The Bertz CT molecular complexity index is 862. The Labute approximate surface area is 123 Å². The van der Waals surface area contributed by atoms with E-state index in [2.05, 4.69) is 4.98 Å². The van der Waals surface area contributed by atoms with Gasteiger partial charge in [0.25, 0.3) is 5.56 Å². The summed E-state index contributed by atoms with van der Waals surface area (Å²) in [5.41, 5.74) is 6.15. The first-order valence-corrected chi connectivity index (χ1v) is 6.89. The fourth-order valence-electron chi connectivity index (χ4n) is 1.89. The zero-order valence-electron chi connectivity index (χ0n) is 11.1. The van der Waals surface area contributed by atoms with E-state index in [1.165, 1.54) is 16.9 Å². The van der Waals surface area contributed by atoms with E-state index in [1.807, 2.05) is 0 Å². The minimum absolute atomic E-state index is 0.252. The quantitative estimate of drug-likeness (QED) is 0.746. The first-order chi connectivity index (χ1) is 10.1. The average Bonchev–Trinajstić information content (AvgIpc) is 3.09. The summed E-state index contributed by atoms with van der Waals surface area (Å²) in [6.07, 6.45) is 3.05. The number of ketones is 1. The summed E-state index contributed by atoms with van der Waals surface area (Å²) in [6, 6.07) is 6.29. The second-order valence-electron chi connectivity index (χ2n) is 4.40. The van der Waals surface area contributed by atoms with Crippen LogP contribution in [0.1, 0.15) is 15.2 Å². The van der Waals surface area contributed by atoms with Crippen LogP contribution in [0, 0.1) is 0 Å². The second-order valence-corrected chi connectivity index (χ2v) is 5.43. The summed E-state index contributed by atoms with van der Waals surface area (Å²) in [4.78, 5) is 28.7. The molecule has 3 rings (SSSR count). The molecule has 0 bridgehead atoms. The summed E-state index contributed by atoms with van der Waals surface area (Å²) < 4.78 is 6.67. The molecule has 0 aromatic carbocycles. The summed E-state index contributed by atoms with van der Waals surface area (Å²) in [5.74, 6) is 0.170. The third-order valence-electron chi connectivity index (χ3n) is 2.97. The lowest BCUT2D eigenvalue weighted by atomic mass is 10.1. The highest BCUT2D eigenvalue weighted by Crippen LogP contribution is 2.31. The van der Waals surface area contributed by atoms with Crippen molar-refractivity contribution in [3.63, 3.8) is 0 Å². The average molecular weight is 301 g/mol. The SMILES string of the molecule is Cn1ccc(C(=O)c2sc(N)nc2-c2ccco2)cc1=O. The van der Waals surface area contributed by atoms with Crippen molar-refractivity contribution in [3.8, 4) is 11.5 Å². The Morgan fingerprint density at radius 3 is 2.90 bits per heavy atom. The summed E-state index contributed by atoms with van der Waals surface area (Å²) in [5, 5.41) is 0.272. The van der Waals surface area contributed by atoms with Crippen molar-refractivity contribution in [2.24, 2.45) is 7.05 Å². The lowest BCUT2D eigenvalue weighted by Gasteiger charge is -2.01. The molecule has 3 aromatic heterocycles. The number of aromatic nitrogens is 2. The van der Waals surface area contributed by atoms with Gasteiger partial charge in [-0.15, -0.1) is 0 Å². The standard InChI is InChI=1S/C14H11N3O3S/c1-17-5-4-8(7-10(17)18)12(19)13-11(16-14(15)21-13)9-3-2-6-20-9/h2-7H,1H3,(H2,15,16). The molecule has 0 aliphatic heterocycles. The monoisotopic (exact) mass is 301 g/mol. The molecule has 0 amide bonds. The third-order valence-corrected chi connectivity index (χ3v) is 3.85. The van der Waals surface area contributed by atoms with Gasteiger partial charge in [0.05, 0.1) is 6.26 Å². The molecule has 0 fully saturated rings. The maximum Gasteiger partial charge on any atom is 0.250 e. The van der Waals surface area contributed by atoms with Crippen molar-refractivity contribution in [1.82, 2.24) is 9.55 Å². The van der Waals surface area contributed by atoms with Gasteiger partial charge in [-0.25, -0.2) is 4.98 Å². The summed E-state index contributed by atoms with van der Waals surface area (Å²) >= 11 is 1.07. The lowest BCUT2D eigenvalue weighted by Crippen LogP contribution is -2.17. The van der Waals surface area contributed by atoms with Gasteiger partial charge in [0.1, 0.15) is 10.6 Å². The number of aryl methyl sites for hydroxylation is 1. The van der Waals surface area contributed by atoms with Gasteiger partial charge in [-0.3, -0.25) is 9.59 Å². The van der Waals surface area contributed by atoms with E-state index in [9.17, 15) is 9.59 Å². The topological polar surface area (TPSA) is 91.1 Å². The van der Waals surface area contributed by atoms with Gasteiger partial charge in [-0.2, -0.15) is 0 Å². The van der Waals surface area contributed by atoms with Gasteiger partial charge < -0.3 is 14.7 Å². The predicted octanol–water partition coefficient (Wildman–Crippen LogP) is 1.92. The fourth-order valence-corrected chi connectivity index (χ4v) is 2.69. The van der Waals surface area contributed by atoms with Crippen molar-refractivity contribution < 1.29 is 9.21 Å². The number of carbonyl (C=O) groups is 1. The van der Waals surface area contributed by atoms with E-state index in [-0.39, 0.29) is 16.5 Å². The number of nitrogens with two attached hydrogens (primary N) is 1. The number of pyridine rings is 1. The van der Waals surface area contributed by atoms with Crippen LogP contribution in [0.25, 0.3) is 11.5 Å². The Morgan fingerprint density at radius 2 is 2.24 bits per heavy atom. The highest BCUT2D eigenvalue weighted by Gasteiger charge is 2.22. The highest BCUT2D eigenvalue weighted by atomic mass is 32.1. The minimum Gasteiger partial charge on any atom is -0.463 e. The van der Waals surface area contributed by atoms with Gasteiger partial charge in [-0.05, 0) is 18.2 Å². The Balaban J connectivity index is 2.10. The molecule has 3 heterocycles. The number of carbonyl (C=O) groups excluding carboxylic acids is 1. The van der Waals surface area contributed by atoms with Gasteiger partial charge in [0.15, 0.2) is 10.9 Å². The van der Waals surface area contributed by atoms with Crippen LogP contribution in [-0.4, -0.2) is 15.3 Å². The number of thiazole rings is 1. The number of furan rings is 1. The van der Waals surface area contributed by atoms with E-state index < -0.39 is 0 Å². The molecular weight excluding hydrogens is 290 g/mol. The summed E-state index contributed by atoms with van der Waals surface area (Å²) in [6.45, 7) is 0. The van der Waals surface area contributed by atoms with Crippen LogP contribution in [0.2, 0.25) is 0 Å². The Hall–Kier alpha value is -2.67. The first-order valence-electron chi connectivity index (χ1n) is 6.08. The molecule has 0 aliphatic carbocycles. The maximum absolute atomic E-state index is 12.6. The molecule has 0 spiro atoms. The zero-order chi connectivity index (χ0) is 15.0. The van der Waals surface area contributed by atoms with Crippen molar-refractivity contribution in [2.75, 3.05) is 5.73 Å². The number of hydrogen-bond acceptors (Lipinski definition) is 6. The van der Waals surface area contributed by atoms with Crippen LogP contribution in [0.3, 0.4) is 0 Å². The highest BCUT2D eigenvalue weighted by molar-refractivity contribution is 7.18. The van der Waals surface area contributed by atoms with Crippen molar-refractivity contribution in [2.45, 2.75) is 0 Å². The fraction of sp³-hybridized carbons (Fsp3) is 0.0714. The molecule has 6 nitrogen and oxygen atoms in total. The smallest absolute Gasteiger partial charge is 0.250 e. The van der Waals surface area contributed by atoms with Crippen LogP contribution in [0.5, 0.6) is 0 Å². The van der Waals surface area contributed by atoms with Crippen LogP contribution in [-0.2, 0) is 7.05 Å². The Kier molecular flexibility index (Phi) is 3.19. The lowest BCUT2D eigenvalue weighted by molar-refractivity contribution is 0.104. The third kappa shape index (κ3) is 2.38. The van der Waals surface area contributed by atoms with Gasteiger partial charge >= 0.3 is 0 Å². The second kappa shape index (κ2) is 5.02. The first kappa shape index (κ1) is 13.3. The number of rotatable bonds is 3. The predicted molar refractivity (Wildman–Crippen MR) is 79.3 cm³/mol. The number of anilines is 1. The van der Waals surface area contributed by atoms with E-state index in [4.69, 9.17) is 10.2 Å². The van der Waals surface area contributed by atoms with Gasteiger partial charge in [-0.1, -0.05) is 11.3 Å². The minimum atomic E-state index is -0.298. The molecule has 0 saturated heterocycles. The van der Waals surface area contributed by atoms with Crippen LogP contribution >= 0.6 is 11.3 Å². The maximum atomic E-state index is 12.6. The normalized spacial score (nSPS) is 10.7. The molecule has 0 radical (unpaired) electrons. The molecule has 0 atom stereocenters. The van der Waals surface area contributed by atoms with Crippen molar-refractivity contribution in [1.29, 1.82) is 0 Å². The van der Waals surface area contributed by atoms with Crippen molar-refractivity contribution in [3.05, 3.63) is 57.5 Å². The number of hydrogen-bond donors (Lipinski definition) is 1. The summed E-state index contributed by atoms with van der Waals surface area (Å²) in [7, 11) is 1.62. The largest absolute Gasteiger partial charge is 0.463 e. The molecule has 2 N–H and O–H groups in total. The molecule has 21 heavy (non-hydrogen) atoms. The van der Waals surface area contributed by atoms with E-state index in [0.717, 1.165) is 11.3 Å². The van der Waals surface area contributed by atoms with Crippen LogP contribution in [0.4, 0.5) is 5.13 Å². The number of nitrogens with zero attached hydrogens (tertiary/aromatic N) is 2. The molecule has 0 unspecified atom stereocenters. The molecule has 106 valence electrons. The van der Waals surface area contributed by atoms with Gasteiger partial charge in [0, 0.05) is 24.9 Å². The molecule has 0 aliphatic rings. The molecular formula is C14H11N3O3S. The number of nitrogen functional groups attached to an aromatic ring is 1. The molecule has 0 saturated carbocycles. The van der Waals surface area contributed by atoms with Crippen molar-refractivity contribution >= 4 is 22.3 Å². The zero-order valence-corrected chi connectivity index (χ0v) is 11.9. The van der Waals surface area contributed by atoms with E-state index >= 15 is 0 Å².